The van der Waals surface area contributed by atoms with Crippen LogP contribution in [0.4, 0.5) is 21.0 Å². The average Bonchev–Trinajstić information content (AvgIpc) is 3.45. The second kappa shape index (κ2) is 10.2. The van der Waals surface area contributed by atoms with Crippen molar-refractivity contribution >= 4 is 33.6 Å². The highest BCUT2D eigenvalue weighted by molar-refractivity contribution is 7.89. The molecular weight excluding hydrogens is 494 g/mol. The highest BCUT2D eigenvalue weighted by Gasteiger charge is 2.51. The van der Waals surface area contributed by atoms with Crippen molar-refractivity contribution in [3.8, 4) is 11.1 Å². The number of fused-ring (bicyclic) bond motifs is 1. The van der Waals surface area contributed by atoms with Gasteiger partial charge in [-0.3, -0.25) is 0 Å². The summed E-state index contributed by atoms with van der Waals surface area (Å²) in [5.41, 5.74) is 2.95. The number of hydrogen-bond donors (Lipinski definition) is 3. The number of benzene rings is 3. The minimum absolute atomic E-state index is 0.0960. The maximum Gasteiger partial charge on any atom is 0.507 e. The Balaban J connectivity index is 1.28. The van der Waals surface area contributed by atoms with Crippen LogP contribution < -0.4 is 10.6 Å². The molecule has 0 bridgehead atoms. The lowest BCUT2D eigenvalue weighted by atomic mass is 10.0. The molecule has 0 spiro atoms. The minimum atomic E-state index is -3.94. The number of nitrogens with one attached hydrogen (secondary N) is 2. The third-order valence-corrected chi connectivity index (χ3v) is 8.84. The Bertz CT molecular complexity index is 1380. The van der Waals surface area contributed by atoms with Crippen LogP contribution in [0.2, 0.25) is 0 Å². The van der Waals surface area contributed by atoms with Crippen molar-refractivity contribution < 1.29 is 27.9 Å². The van der Waals surface area contributed by atoms with E-state index in [0.29, 0.717) is 24.2 Å². The van der Waals surface area contributed by atoms with Crippen molar-refractivity contribution in [3.05, 3.63) is 78.9 Å². The molecule has 1 saturated heterocycles. The molecule has 10 heteroatoms. The molecule has 3 atom stereocenters. The molecule has 9 nitrogen and oxygen atoms in total. The zero-order valence-electron chi connectivity index (χ0n) is 19.9. The van der Waals surface area contributed by atoms with Gasteiger partial charge in [-0.15, -0.1) is 0 Å². The first kappa shape index (κ1) is 24.8. The van der Waals surface area contributed by atoms with Gasteiger partial charge in [-0.25, -0.2) is 18.0 Å². The van der Waals surface area contributed by atoms with E-state index in [4.69, 9.17) is 9.84 Å². The number of sulfonamides is 1. The van der Waals surface area contributed by atoms with E-state index in [-0.39, 0.29) is 22.9 Å². The summed E-state index contributed by atoms with van der Waals surface area (Å²) < 4.78 is 33.2. The maximum absolute atomic E-state index is 13.5. The molecule has 1 heterocycles. The molecule has 3 unspecified atom stereocenters. The summed E-state index contributed by atoms with van der Waals surface area (Å²) in [5, 5.41) is 14.6. The van der Waals surface area contributed by atoms with Crippen LogP contribution in [0.5, 0.6) is 0 Å². The zero-order chi connectivity index (χ0) is 26.0. The highest BCUT2D eigenvalue weighted by atomic mass is 32.2. The van der Waals surface area contributed by atoms with Gasteiger partial charge in [-0.1, -0.05) is 48.9 Å². The molecule has 2 fully saturated rings. The standard InChI is InChI=1S/C27H27N3O6S/c31-26(28-21-6-2-1-3-7-21)29-22-13-9-18(10-14-22)19-11-15-23(16-12-19)37(34,35)30-24-8-4-5-20(24)17-25(30)36-27(32)33/h1-3,6-7,9-16,20,24-25H,4-5,8,17H2,(H,32,33)(H2,28,29,31). The molecule has 0 aromatic heterocycles. The van der Waals surface area contributed by atoms with Gasteiger partial charge in [0.05, 0.1) is 4.90 Å². The Kier molecular flexibility index (Phi) is 6.86. The predicted octanol–water partition coefficient (Wildman–Crippen LogP) is 5.58. The largest absolute Gasteiger partial charge is 0.507 e. The van der Waals surface area contributed by atoms with Gasteiger partial charge in [0.15, 0.2) is 6.23 Å². The molecule has 2 aliphatic rings. The van der Waals surface area contributed by atoms with E-state index in [1.807, 2.05) is 30.3 Å². The van der Waals surface area contributed by atoms with Crippen LogP contribution in [0.1, 0.15) is 25.7 Å². The molecule has 3 N–H and O–H groups in total. The number of hydrogen-bond acceptors (Lipinski definition) is 5. The zero-order valence-corrected chi connectivity index (χ0v) is 20.7. The second-order valence-corrected chi connectivity index (χ2v) is 11.1. The van der Waals surface area contributed by atoms with Crippen LogP contribution in [0.15, 0.2) is 83.8 Å². The smallest absolute Gasteiger partial charge is 0.450 e. The van der Waals surface area contributed by atoms with Gasteiger partial charge in [-0.05, 0) is 66.3 Å². The molecule has 192 valence electrons. The Morgan fingerprint density at radius 3 is 2.05 bits per heavy atom. The summed E-state index contributed by atoms with van der Waals surface area (Å²) in [6.07, 6.45) is 0.392. The van der Waals surface area contributed by atoms with Gasteiger partial charge in [0.2, 0.25) is 10.0 Å². The van der Waals surface area contributed by atoms with Crippen LogP contribution in [0.25, 0.3) is 11.1 Å². The van der Waals surface area contributed by atoms with Gasteiger partial charge in [-0.2, -0.15) is 4.31 Å². The Hall–Kier alpha value is -3.89. The maximum atomic E-state index is 13.5. The van der Waals surface area contributed by atoms with E-state index in [0.717, 1.165) is 24.0 Å². The normalized spacial score (nSPS) is 21.2. The first-order valence-corrected chi connectivity index (χ1v) is 13.5. The van der Waals surface area contributed by atoms with E-state index < -0.39 is 22.4 Å². The molecular formula is C27H27N3O6S. The molecule has 5 rings (SSSR count). The van der Waals surface area contributed by atoms with E-state index in [2.05, 4.69) is 10.6 Å². The SMILES string of the molecule is O=C(Nc1ccccc1)Nc1ccc(-c2ccc(S(=O)(=O)N3C(OC(=O)O)CC4CCCC43)cc2)cc1. The van der Waals surface area contributed by atoms with Crippen LogP contribution in [-0.2, 0) is 14.8 Å². The lowest BCUT2D eigenvalue weighted by Gasteiger charge is -2.27. The first-order chi connectivity index (χ1) is 17.8. The Labute approximate surface area is 215 Å². The predicted molar refractivity (Wildman–Crippen MR) is 139 cm³/mol. The molecule has 3 aromatic rings. The van der Waals surface area contributed by atoms with Crippen molar-refractivity contribution in [3.63, 3.8) is 0 Å². The lowest BCUT2D eigenvalue weighted by molar-refractivity contribution is 0.00936. The molecule has 1 aliphatic carbocycles. The number of carboxylic acid groups (broad SMARTS) is 1. The monoisotopic (exact) mass is 521 g/mol. The molecule has 3 aromatic carbocycles. The summed E-state index contributed by atoms with van der Waals surface area (Å²) in [4.78, 5) is 23.5. The fraction of sp³-hybridized carbons (Fsp3) is 0.259. The number of amides is 2. The second-order valence-electron chi connectivity index (χ2n) is 9.21. The average molecular weight is 522 g/mol. The minimum Gasteiger partial charge on any atom is -0.450 e. The van der Waals surface area contributed by atoms with Gasteiger partial charge in [0.25, 0.3) is 0 Å². The fourth-order valence-electron chi connectivity index (χ4n) is 5.26. The van der Waals surface area contributed by atoms with Crippen LogP contribution in [-0.4, -0.2) is 42.3 Å². The molecule has 1 aliphatic heterocycles. The van der Waals surface area contributed by atoms with E-state index in [1.54, 1.807) is 36.4 Å². The number of para-hydroxylation sites is 1. The quantitative estimate of drug-likeness (QED) is 0.364. The highest BCUT2D eigenvalue weighted by Crippen LogP contribution is 2.44. The topological polar surface area (TPSA) is 125 Å². The van der Waals surface area contributed by atoms with Gasteiger partial charge in [0, 0.05) is 23.8 Å². The molecule has 37 heavy (non-hydrogen) atoms. The molecule has 2 amide bonds. The van der Waals surface area contributed by atoms with Gasteiger partial charge < -0.3 is 20.5 Å². The van der Waals surface area contributed by atoms with Crippen molar-refractivity contribution in [2.24, 2.45) is 5.92 Å². The van der Waals surface area contributed by atoms with Crippen molar-refractivity contribution in [1.82, 2.24) is 4.31 Å². The molecule has 0 radical (unpaired) electrons. The number of nitrogens with zero attached hydrogens (tertiary/aromatic N) is 1. The Morgan fingerprint density at radius 2 is 1.43 bits per heavy atom. The summed E-state index contributed by atoms with van der Waals surface area (Å²) >= 11 is 0. The number of ether oxygens (including phenoxy) is 1. The first-order valence-electron chi connectivity index (χ1n) is 12.1. The van der Waals surface area contributed by atoms with Crippen LogP contribution in [0, 0.1) is 5.92 Å². The summed E-state index contributed by atoms with van der Waals surface area (Å²) in [5.74, 6) is 0.111. The summed E-state index contributed by atoms with van der Waals surface area (Å²) in [6, 6.07) is 22.2. The third kappa shape index (κ3) is 5.30. The molecule has 1 saturated carbocycles. The van der Waals surface area contributed by atoms with E-state index in [9.17, 15) is 18.0 Å². The Morgan fingerprint density at radius 1 is 0.838 bits per heavy atom. The van der Waals surface area contributed by atoms with Gasteiger partial charge >= 0.3 is 12.2 Å². The lowest BCUT2D eigenvalue weighted by Crippen LogP contribution is -2.43. The van der Waals surface area contributed by atoms with Crippen LogP contribution in [0.3, 0.4) is 0 Å². The van der Waals surface area contributed by atoms with Crippen molar-refractivity contribution in [2.45, 2.75) is 42.8 Å². The number of urea groups is 1. The number of carbonyl (C=O) groups is 2. The number of anilines is 2. The number of rotatable bonds is 6. The summed E-state index contributed by atoms with van der Waals surface area (Å²) in [7, 11) is -3.94. The summed E-state index contributed by atoms with van der Waals surface area (Å²) in [6.45, 7) is 0. The van der Waals surface area contributed by atoms with Crippen molar-refractivity contribution in [2.75, 3.05) is 10.6 Å². The van der Waals surface area contributed by atoms with Crippen LogP contribution >= 0.6 is 0 Å². The fourth-order valence-corrected chi connectivity index (χ4v) is 7.05. The van der Waals surface area contributed by atoms with E-state index in [1.165, 1.54) is 16.4 Å². The van der Waals surface area contributed by atoms with Gasteiger partial charge in [0.1, 0.15) is 0 Å². The van der Waals surface area contributed by atoms with Crippen molar-refractivity contribution in [1.29, 1.82) is 0 Å². The number of carbonyl (C=O) groups excluding carboxylic acids is 1. The third-order valence-electron chi connectivity index (χ3n) is 6.91. The van der Waals surface area contributed by atoms with E-state index >= 15 is 0 Å².